The first-order valence-electron chi connectivity index (χ1n) is 9.81. The molecule has 0 radical (unpaired) electrons. The lowest BCUT2D eigenvalue weighted by Gasteiger charge is -2.32. The Kier molecular flexibility index (Phi) is 7.19. The van der Waals surface area contributed by atoms with Crippen molar-refractivity contribution < 1.29 is 31.5 Å². The van der Waals surface area contributed by atoms with Crippen molar-refractivity contribution in [2.75, 3.05) is 38.6 Å². The molecule has 12 heteroatoms. The highest BCUT2D eigenvalue weighted by Gasteiger charge is 2.43. The van der Waals surface area contributed by atoms with Crippen molar-refractivity contribution in [3.05, 3.63) is 34.9 Å². The molecule has 31 heavy (non-hydrogen) atoms. The number of morpholine rings is 1. The first-order chi connectivity index (χ1) is 14.5. The number of amides is 2. The molecular weight excluding hydrogens is 456 g/mol. The van der Waals surface area contributed by atoms with Crippen LogP contribution in [-0.2, 0) is 30.3 Å². The van der Waals surface area contributed by atoms with E-state index >= 15 is 0 Å². The average molecular weight is 480 g/mol. The zero-order valence-electron chi connectivity index (χ0n) is 16.9. The Labute approximate surface area is 184 Å². The second-order valence-electron chi connectivity index (χ2n) is 7.57. The summed E-state index contributed by atoms with van der Waals surface area (Å²) in [5, 5.41) is 0.248. The molecule has 1 aromatic carbocycles. The van der Waals surface area contributed by atoms with Crippen LogP contribution < -0.4 is 4.72 Å². The van der Waals surface area contributed by atoms with Gasteiger partial charge < -0.3 is 14.5 Å². The van der Waals surface area contributed by atoms with Crippen molar-refractivity contribution in [1.82, 2.24) is 14.5 Å². The average Bonchev–Trinajstić information content (AvgIpc) is 3.06. The molecule has 0 aliphatic carbocycles. The van der Waals surface area contributed by atoms with E-state index in [1.807, 2.05) is 0 Å². The fourth-order valence-electron chi connectivity index (χ4n) is 3.65. The number of halogens is 3. The van der Waals surface area contributed by atoms with Crippen LogP contribution in [0.1, 0.15) is 18.9 Å². The van der Waals surface area contributed by atoms with Crippen LogP contribution in [0, 0.1) is 0 Å². The van der Waals surface area contributed by atoms with E-state index in [-0.39, 0.29) is 23.9 Å². The highest BCUT2D eigenvalue weighted by atomic mass is 35.5. The predicted molar refractivity (Wildman–Crippen MR) is 109 cm³/mol. The molecule has 2 saturated heterocycles. The number of nitrogens with one attached hydrogen (secondary N) is 1. The summed E-state index contributed by atoms with van der Waals surface area (Å²) in [6, 6.07) is 2.63. The van der Waals surface area contributed by atoms with Crippen molar-refractivity contribution in [2.45, 2.75) is 31.4 Å². The molecule has 0 bridgehead atoms. The standard InChI is InChI=1S/C19H24ClF2N3O5S/c1-13(17(26)24-8-10-30-11-9-24)25-7-6-16(18(25)27)23-31(28,29)12-19(21,22)14-2-4-15(20)5-3-14/h2-5,13,16,23H,6-12H2,1H3/t13-,16-/m0/s1. The molecule has 3 rings (SSSR count). The van der Waals surface area contributed by atoms with Crippen LogP contribution in [0.5, 0.6) is 0 Å². The normalized spacial score (nSPS) is 21.4. The molecule has 8 nitrogen and oxygen atoms in total. The first-order valence-corrected chi connectivity index (χ1v) is 11.8. The van der Waals surface area contributed by atoms with Gasteiger partial charge in [-0.2, -0.15) is 0 Å². The van der Waals surface area contributed by atoms with Crippen molar-refractivity contribution in [3.63, 3.8) is 0 Å². The molecule has 2 fully saturated rings. The number of sulfonamides is 1. The minimum absolute atomic E-state index is 0.0886. The van der Waals surface area contributed by atoms with Gasteiger partial charge in [0.05, 0.1) is 13.2 Å². The van der Waals surface area contributed by atoms with E-state index in [9.17, 15) is 26.8 Å². The fourth-order valence-corrected chi connectivity index (χ4v) is 5.16. The van der Waals surface area contributed by atoms with Gasteiger partial charge in [-0.25, -0.2) is 21.9 Å². The maximum Gasteiger partial charge on any atom is 0.288 e. The molecular formula is C19H24ClF2N3O5S. The van der Waals surface area contributed by atoms with Crippen molar-refractivity contribution in [2.24, 2.45) is 0 Å². The van der Waals surface area contributed by atoms with Crippen molar-refractivity contribution in [3.8, 4) is 0 Å². The zero-order valence-corrected chi connectivity index (χ0v) is 18.5. The molecule has 0 saturated carbocycles. The third-order valence-electron chi connectivity index (χ3n) is 5.35. The summed E-state index contributed by atoms with van der Waals surface area (Å²) in [6.07, 6.45) is 0.0886. The van der Waals surface area contributed by atoms with Crippen LogP contribution in [0.25, 0.3) is 0 Å². The van der Waals surface area contributed by atoms with E-state index < -0.39 is 45.3 Å². The van der Waals surface area contributed by atoms with E-state index in [1.165, 1.54) is 17.0 Å². The molecule has 2 atom stereocenters. The number of carbonyl (C=O) groups excluding carboxylic acids is 2. The lowest BCUT2D eigenvalue weighted by molar-refractivity contribution is -0.146. The number of hydrogen-bond acceptors (Lipinski definition) is 5. The van der Waals surface area contributed by atoms with E-state index in [1.54, 1.807) is 11.8 Å². The van der Waals surface area contributed by atoms with Gasteiger partial charge >= 0.3 is 0 Å². The molecule has 2 heterocycles. The highest BCUT2D eigenvalue weighted by Crippen LogP contribution is 2.30. The molecule has 1 aromatic rings. The number of benzene rings is 1. The summed E-state index contributed by atoms with van der Waals surface area (Å²) in [7, 11) is -4.50. The van der Waals surface area contributed by atoms with E-state index in [2.05, 4.69) is 4.72 Å². The monoisotopic (exact) mass is 479 g/mol. The maximum absolute atomic E-state index is 14.5. The molecule has 0 aromatic heterocycles. The Morgan fingerprint density at radius 2 is 1.87 bits per heavy atom. The van der Waals surface area contributed by atoms with Gasteiger partial charge in [0.25, 0.3) is 5.92 Å². The van der Waals surface area contributed by atoms with Crippen molar-refractivity contribution >= 4 is 33.4 Å². The SMILES string of the molecule is C[C@@H](C(=O)N1CCOCC1)N1CC[C@H](NS(=O)(=O)CC(F)(F)c2ccc(Cl)cc2)C1=O. The van der Waals surface area contributed by atoms with Crippen LogP contribution in [0.4, 0.5) is 8.78 Å². The second-order valence-corrected chi connectivity index (χ2v) is 9.77. The lowest BCUT2D eigenvalue weighted by atomic mass is 10.1. The minimum atomic E-state index is -4.50. The summed E-state index contributed by atoms with van der Waals surface area (Å²) in [6.45, 7) is 3.38. The number of rotatable bonds is 7. The molecule has 2 aliphatic heterocycles. The van der Waals surface area contributed by atoms with Gasteiger partial charge in [0.15, 0.2) is 0 Å². The molecule has 2 aliphatic rings. The Bertz CT molecular complexity index is 923. The summed E-state index contributed by atoms with van der Waals surface area (Å²) < 4.78 is 60.9. The number of likely N-dealkylation sites (tertiary alicyclic amines) is 1. The van der Waals surface area contributed by atoms with Crippen LogP contribution in [0.15, 0.2) is 24.3 Å². The lowest BCUT2D eigenvalue weighted by Crippen LogP contribution is -2.52. The zero-order chi connectivity index (χ0) is 22.8. The Hall–Kier alpha value is -1.82. The van der Waals surface area contributed by atoms with Crippen LogP contribution >= 0.6 is 11.6 Å². The van der Waals surface area contributed by atoms with Gasteiger partial charge in [-0.1, -0.05) is 23.7 Å². The van der Waals surface area contributed by atoms with Crippen LogP contribution in [0.3, 0.4) is 0 Å². The van der Waals surface area contributed by atoms with Crippen molar-refractivity contribution in [1.29, 1.82) is 0 Å². The quantitative estimate of drug-likeness (QED) is 0.634. The molecule has 2 amide bonds. The summed E-state index contributed by atoms with van der Waals surface area (Å²) in [5.74, 6) is -6.03. The fraction of sp³-hybridized carbons (Fsp3) is 0.579. The largest absolute Gasteiger partial charge is 0.378 e. The number of ether oxygens (including phenoxy) is 1. The van der Waals surface area contributed by atoms with Gasteiger partial charge in [0.2, 0.25) is 21.8 Å². The van der Waals surface area contributed by atoms with Gasteiger partial charge in [-0.15, -0.1) is 0 Å². The molecule has 172 valence electrons. The highest BCUT2D eigenvalue weighted by molar-refractivity contribution is 7.89. The number of hydrogen-bond donors (Lipinski definition) is 1. The summed E-state index contributed by atoms with van der Waals surface area (Å²) in [5.41, 5.74) is -0.494. The topological polar surface area (TPSA) is 96.0 Å². The second kappa shape index (κ2) is 9.35. The van der Waals surface area contributed by atoms with Gasteiger partial charge in [-0.3, -0.25) is 9.59 Å². The Balaban J connectivity index is 1.62. The molecule has 0 spiro atoms. The molecule has 0 unspecified atom stereocenters. The third kappa shape index (κ3) is 5.71. The summed E-state index contributed by atoms with van der Waals surface area (Å²) >= 11 is 5.68. The smallest absolute Gasteiger partial charge is 0.288 e. The number of carbonyl (C=O) groups is 2. The van der Waals surface area contributed by atoms with Gasteiger partial charge in [-0.05, 0) is 25.5 Å². The maximum atomic E-state index is 14.5. The van der Waals surface area contributed by atoms with Crippen LogP contribution in [0.2, 0.25) is 5.02 Å². The Morgan fingerprint density at radius 3 is 2.48 bits per heavy atom. The summed E-state index contributed by atoms with van der Waals surface area (Å²) in [4.78, 5) is 28.2. The van der Waals surface area contributed by atoms with Gasteiger partial charge in [0, 0.05) is 30.2 Å². The minimum Gasteiger partial charge on any atom is -0.378 e. The van der Waals surface area contributed by atoms with E-state index in [4.69, 9.17) is 16.3 Å². The first kappa shape index (κ1) is 23.8. The third-order valence-corrected chi connectivity index (χ3v) is 6.99. The predicted octanol–water partition coefficient (Wildman–Crippen LogP) is 1.20. The number of nitrogens with zero attached hydrogens (tertiary/aromatic N) is 2. The van der Waals surface area contributed by atoms with Crippen LogP contribution in [-0.4, -0.2) is 80.7 Å². The van der Waals surface area contributed by atoms with Gasteiger partial charge in [0.1, 0.15) is 17.8 Å². The van der Waals surface area contributed by atoms with E-state index in [0.29, 0.717) is 26.3 Å². The number of alkyl halides is 2. The molecule has 1 N–H and O–H groups in total. The Morgan fingerprint density at radius 1 is 1.26 bits per heavy atom. The van der Waals surface area contributed by atoms with E-state index in [0.717, 1.165) is 12.1 Å².